The summed E-state index contributed by atoms with van der Waals surface area (Å²) < 4.78 is 6.47. The average Bonchev–Trinajstić information content (AvgIpc) is 2.53. The second-order valence-corrected chi connectivity index (χ2v) is 6.73. The summed E-state index contributed by atoms with van der Waals surface area (Å²) in [6.07, 6.45) is 1.59. The van der Waals surface area contributed by atoms with E-state index in [0.29, 0.717) is 11.7 Å². The smallest absolute Gasteiger partial charge is 0.277 e. The van der Waals surface area contributed by atoms with Gasteiger partial charge in [0.2, 0.25) is 0 Å². The Hall–Kier alpha value is -2.14. The highest BCUT2D eigenvalue weighted by Gasteiger charge is 2.06. The van der Waals surface area contributed by atoms with Crippen molar-refractivity contribution >= 4 is 28.1 Å². The van der Waals surface area contributed by atoms with Gasteiger partial charge >= 0.3 is 0 Å². The Morgan fingerprint density at radius 1 is 1.29 bits per heavy atom. The highest BCUT2D eigenvalue weighted by Crippen LogP contribution is 2.23. The number of hydrogen-bond donors (Lipinski definition) is 1. The van der Waals surface area contributed by atoms with E-state index < -0.39 is 0 Å². The summed E-state index contributed by atoms with van der Waals surface area (Å²) in [6.45, 7) is 6.28. The molecular weight excluding hydrogens is 368 g/mol. The number of benzene rings is 2. The van der Waals surface area contributed by atoms with E-state index in [9.17, 15) is 4.79 Å². The fourth-order valence-corrected chi connectivity index (χ4v) is 2.75. The van der Waals surface area contributed by atoms with Crippen LogP contribution in [0.4, 0.5) is 0 Å². The molecule has 1 N–H and O–H groups in total. The summed E-state index contributed by atoms with van der Waals surface area (Å²) >= 11 is 3.38. The molecule has 0 aromatic heterocycles. The lowest BCUT2D eigenvalue weighted by molar-refractivity contribution is -0.123. The Kier molecular flexibility index (Phi) is 6.55. The minimum atomic E-state index is -0.299. The molecule has 0 spiro atoms. The van der Waals surface area contributed by atoms with Gasteiger partial charge in [-0.05, 0) is 53.8 Å². The lowest BCUT2D eigenvalue weighted by atomic mass is 9.98. The first kappa shape index (κ1) is 18.2. The molecule has 0 aliphatic carbocycles. The van der Waals surface area contributed by atoms with Gasteiger partial charge in [0, 0.05) is 4.47 Å². The molecule has 4 nitrogen and oxygen atoms in total. The van der Waals surface area contributed by atoms with E-state index in [1.54, 1.807) is 6.21 Å². The lowest BCUT2D eigenvalue weighted by Crippen LogP contribution is -2.24. The van der Waals surface area contributed by atoms with Gasteiger partial charge in [0.05, 0.1) is 6.21 Å². The van der Waals surface area contributed by atoms with E-state index in [0.717, 1.165) is 15.6 Å². The lowest BCUT2D eigenvalue weighted by Gasteiger charge is -2.12. The SMILES string of the molecule is Cc1cc(OCC(=O)N/N=C/c2cccc(Br)c2)ccc1C(C)C. The predicted octanol–water partition coefficient (Wildman–Crippen LogP) is 4.41. The molecule has 0 saturated heterocycles. The molecule has 0 unspecified atom stereocenters. The van der Waals surface area contributed by atoms with Gasteiger partial charge in [-0.15, -0.1) is 0 Å². The van der Waals surface area contributed by atoms with Crippen LogP contribution in [0.3, 0.4) is 0 Å². The van der Waals surface area contributed by atoms with Crippen LogP contribution in [0.15, 0.2) is 52.0 Å². The van der Waals surface area contributed by atoms with Crippen LogP contribution < -0.4 is 10.2 Å². The largest absolute Gasteiger partial charge is 0.484 e. The Morgan fingerprint density at radius 3 is 2.75 bits per heavy atom. The van der Waals surface area contributed by atoms with Crippen molar-refractivity contribution in [1.82, 2.24) is 5.43 Å². The number of rotatable bonds is 6. The van der Waals surface area contributed by atoms with Crippen molar-refractivity contribution in [1.29, 1.82) is 0 Å². The molecular formula is C19H21BrN2O2. The highest BCUT2D eigenvalue weighted by molar-refractivity contribution is 9.10. The summed E-state index contributed by atoms with van der Waals surface area (Å²) in [5, 5.41) is 3.92. The van der Waals surface area contributed by atoms with Crippen molar-refractivity contribution < 1.29 is 9.53 Å². The van der Waals surface area contributed by atoms with Crippen LogP contribution in [-0.2, 0) is 4.79 Å². The molecule has 0 bridgehead atoms. The molecule has 0 atom stereocenters. The molecule has 126 valence electrons. The highest BCUT2D eigenvalue weighted by atomic mass is 79.9. The van der Waals surface area contributed by atoms with Crippen molar-refractivity contribution in [3.63, 3.8) is 0 Å². The number of hydrazone groups is 1. The van der Waals surface area contributed by atoms with Crippen molar-refractivity contribution in [2.45, 2.75) is 26.7 Å². The topological polar surface area (TPSA) is 50.7 Å². The average molecular weight is 389 g/mol. The van der Waals surface area contributed by atoms with Crippen molar-refractivity contribution in [2.75, 3.05) is 6.61 Å². The molecule has 0 aliphatic heterocycles. The Labute approximate surface area is 151 Å². The number of carbonyl (C=O) groups excluding carboxylic acids is 1. The van der Waals surface area contributed by atoms with Gasteiger partial charge in [0.25, 0.3) is 5.91 Å². The molecule has 24 heavy (non-hydrogen) atoms. The fourth-order valence-electron chi connectivity index (χ4n) is 2.33. The van der Waals surface area contributed by atoms with E-state index >= 15 is 0 Å². The normalized spacial score (nSPS) is 11.0. The van der Waals surface area contributed by atoms with Crippen LogP contribution >= 0.6 is 15.9 Å². The maximum absolute atomic E-state index is 11.8. The number of nitrogens with one attached hydrogen (secondary N) is 1. The third kappa shape index (κ3) is 5.49. The van der Waals surface area contributed by atoms with Crippen molar-refractivity contribution in [3.05, 3.63) is 63.6 Å². The van der Waals surface area contributed by atoms with Crippen LogP contribution in [0, 0.1) is 6.92 Å². The standard InChI is InChI=1S/C19H21BrN2O2/c1-13(2)18-8-7-17(9-14(18)3)24-12-19(23)22-21-11-15-5-4-6-16(20)10-15/h4-11,13H,12H2,1-3H3,(H,22,23)/b21-11+. The summed E-state index contributed by atoms with van der Waals surface area (Å²) in [4.78, 5) is 11.8. The molecule has 0 fully saturated rings. The van der Waals surface area contributed by atoms with E-state index in [1.807, 2.05) is 49.4 Å². The summed E-state index contributed by atoms with van der Waals surface area (Å²) in [5.74, 6) is 0.851. The summed E-state index contributed by atoms with van der Waals surface area (Å²) in [5.41, 5.74) is 5.79. The maximum atomic E-state index is 11.8. The second kappa shape index (κ2) is 8.64. The molecule has 0 heterocycles. The first-order chi connectivity index (χ1) is 11.5. The number of aryl methyl sites for hydroxylation is 1. The Balaban J connectivity index is 1.84. The Morgan fingerprint density at radius 2 is 2.08 bits per heavy atom. The Bertz CT molecular complexity index is 742. The number of nitrogens with zero attached hydrogens (tertiary/aromatic N) is 1. The first-order valence-corrected chi connectivity index (χ1v) is 8.56. The fraction of sp³-hybridized carbons (Fsp3) is 0.263. The monoisotopic (exact) mass is 388 g/mol. The molecule has 0 aliphatic rings. The molecule has 0 radical (unpaired) electrons. The summed E-state index contributed by atoms with van der Waals surface area (Å²) in [7, 11) is 0. The third-order valence-corrected chi connectivity index (χ3v) is 3.98. The number of amides is 1. The van der Waals surface area contributed by atoms with Gasteiger partial charge in [-0.25, -0.2) is 5.43 Å². The number of hydrogen-bond acceptors (Lipinski definition) is 3. The first-order valence-electron chi connectivity index (χ1n) is 7.76. The van der Waals surface area contributed by atoms with Crippen LogP contribution in [0.5, 0.6) is 5.75 Å². The van der Waals surface area contributed by atoms with Gasteiger partial charge < -0.3 is 4.74 Å². The molecule has 2 aromatic rings. The zero-order valence-electron chi connectivity index (χ0n) is 14.0. The number of halogens is 1. The van der Waals surface area contributed by atoms with Crippen LogP contribution in [0.1, 0.15) is 36.5 Å². The number of carbonyl (C=O) groups is 1. The van der Waals surface area contributed by atoms with Gasteiger partial charge in [-0.2, -0.15) is 5.10 Å². The summed E-state index contributed by atoms with van der Waals surface area (Å²) in [6, 6.07) is 13.5. The third-order valence-electron chi connectivity index (χ3n) is 3.48. The van der Waals surface area contributed by atoms with Gasteiger partial charge in [0.1, 0.15) is 5.75 Å². The minimum absolute atomic E-state index is 0.0731. The predicted molar refractivity (Wildman–Crippen MR) is 101 cm³/mol. The van der Waals surface area contributed by atoms with Crippen LogP contribution in [-0.4, -0.2) is 18.7 Å². The zero-order valence-corrected chi connectivity index (χ0v) is 15.6. The van der Waals surface area contributed by atoms with Crippen LogP contribution in [0.25, 0.3) is 0 Å². The van der Waals surface area contributed by atoms with Crippen molar-refractivity contribution in [3.8, 4) is 5.75 Å². The molecule has 5 heteroatoms. The number of ether oxygens (including phenoxy) is 1. The van der Waals surface area contributed by atoms with Gasteiger partial charge in [-0.1, -0.05) is 48.0 Å². The zero-order chi connectivity index (χ0) is 17.5. The van der Waals surface area contributed by atoms with Crippen LogP contribution in [0.2, 0.25) is 0 Å². The van der Waals surface area contributed by atoms with Crippen molar-refractivity contribution in [2.24, 2.45) is 5.10 Å². The maximum Gasteiger partial charge on any atom is 0.277 e. The molecule has 1 amide bonds. The van der Waals surface area contributed by atoms with E-state index in [4.69, 9.17) is 4.74 Å². The van der Waals surface area contributed by atoms with Gasteiger partial charge in [-0.3, -0.25) is 4.79 Å². The minimum Gasteiger partial charge on any atom is -0.484 e. The second-order valence-electron chi connectivity index (χ2n) is 5.81. The van der Waals surface area contributed by atoms with E-state index in [1.165, 1.54) is 5.56 Å². The van der Waals surface area contributed by atoms with Gasteiger partial charge in [0.15, 0.2) is 6.61 Å². The molecule has 0 saturated carbocycles. The molecule has 2 rings (SSSR count). The quantitative estimate of drug-likeness (QED) is 0.588. The van der Waals surface area contributed by atoms with E-state index in [-0.39, 0.29) is 12.5 Å². The van der Waals surface area contributed by atoms with E-state index in [2.05, 4.69) is 40.3 Å². The molecule has 2 aromatic carbocycles.